The lowest BCUT2D eigenvalue weighted by molar-refractivity contribution is -0.143. The van der Waals surface area contributed by atoms with Crippen LogP contribution in [0.1, 0.15) is 26.7 Å². The topological polar surface area (TPSA) is 77.3 Å². The van der Waals surface area contributed by atoms with Crippen molar-refractivity contribution in [3.8, 4) is 0 Å². The van der Waals surface area contributed by atoms with Gasteiger partial charge in [-0.05, 0) is 18.8 Å². The molecular formula is C9H18N4O2. The van der Waals surface area contributed by atoms with Crippen molar-refractivity contribution < 1.29 is 9.90 Å². The molecule has 0 aliphatic carbocycles. The molecule has 0 aromatic carbocycles. The molecule has 2 unspecified atom stereocenters. The van der Waals surface area contributed by atoms with Gasteiger partial charge in [0.05, 0.1) is 5.92 Å². The maximum Gasteiger partial charge on any atom is 0.306 e. The fourth-order valence-corrected chi connectivity index (χ4v) is 1.63. The zero-order valence-corrected chi connectivity index (χ0v) is 9.34. The van der Waals surface area contributed by atoms with E-state index in [2.05, 4.69) is 15.9 Å². The van der Waals surface area contributed by atoms with E-state index in [9.17, 15) is 4.79 Å². The van der Waals surface area contributed by atoms with Gasteiger partial charge < -0.3 is 5.11 Å². The smallest absolute Gasteiger partial charge is 0.306 e. The Balaban J connectivity index is 2.50. The zero-order valence-electron chi connectivity index (χ0n) is 9.34. The van der Waals surface area contributed by atoms with Crippen LogP contribution in [0.4, 0.5) is 0 Å². The first kappa shape index (κ1) is 11.9. The Morgan fingerprint density at radius 2 is 2.27 bits per heavy atom. The van der Waals surface area contributed by atoms with Crippen molar-refractivity contribution in [3.63, 3.8) is 0 Å². The molecule has 0 bridgehead atoms. The second-order valence-electron chi connectivity index (χ2n) is 4.31. The van der Waals surface area contributed by atoms with Crippen LogP contribution in [0.15, 0.2) is 10.3 Å². The van der Waals surface area contributed by atoms with Crippen LogP contribution in [-0.4, -0.2) is 29.3 Å². The van der Waals surface area contributed by atoms with Crippen LogP contribution in [0.3, 0.4) is 0 Å². The lowest BCUT2D eigenvalue weighted by Crippen LogP contribution is -2.36. The Hall–Kier alpha value is -1.17. The number of nitrogens with one attached hydrogen (secondary N) is 1. The van der Waals surface area contributed by atoms with Crippen LogP contribution >= 0.6 is 0 Å². The van der Waals surface area contributed by atoms with Crippen LogP contribution < -0.4 is 5.53 Å². The van der Waals surface area contributed by atoms with Gasteiger partial charge in [-0.1, -0.05) is 19.1 Å². The number of carboxylic acid groups (broad SMARTS) is 1. The molecule has 6 nitrogen and oxygen atoms in total. The normalized spacial score (nSPS) is 23.1. The van der Waals surface area contributed by atoms with Crippen LogP contribution in [0.5, 0.6) is 0 Å². The molecule has 0 radical (unpaired) electrons. The highest BCUT2D eigenvalue weighted by atomic mass is 16.4. The van der Waals surface area contributed by atoms with Gasteiger partial charge in [-0.2, -0.15) is 5.01 Å². The van der Waals surface area contributed by atoms with Crippen LogP contribution in [0.25, 0.3) is 0 Å². The molecule has 2 N–H and O–H groups in total. The van der Waals surface area contributed by atoms with E-state index in [1.165, 1.54) is 0 Å². The van der Waals surface area contributed by atoms with Gasteiger partial charge in [0.2, 0.25) is 0 Å². The zero-order chi connectivity index (χ0) is 11.4. The van der Waals surface area contributed by atoms with E-state index >= 15 is 0 Å². The third kappa shape index (κ3) is 3.47. The summed E-state index contributed by atoms with van der Waals surface area (Å²) in [6.45, 7) is 4.04. The van der Waals surface area contributed by atoms with Crippen LogP contribution in [-0.2, 0) is 4.79 Å². The van der Waals surface area contributed by atoms with E-state index in [0.717, 1.165) is 0 Å². The SMILES string of the molecule is CC(C)CC(CC1N=NNN1C)C(=O)O. The molecule has 0 aromatic heterocycles. The molecule has 0 fully saturated rings. The van der Waals surface area contributed by atoms with Gasteiger partial charge in [-0.25, -0.2) is 5.53 Å². The van der Waals surface area contributed by atoms with Crippen molar-refractivity contribution in [1.29, 1.82) is 0 Å². The summed E-state index contributed by atoms with van der Waals surface area (Å²) >= 11 is 0. The largest absolute Gasteiger partial charge is 0.481 e. The van der Waals surface area contributed by atoms with Crippen molar-refractivity contribution in [2.45, 2.75) is 32.9 Å². The first-order valence-corrected chi connectivity index (χ1v) is 5.11. The molecule has 0 saturated heterocycles. The van der Waals surface area contributed by atoms with Gasteiger partial charge in [0, 0.05) is 7.05 Å². The average Bonchev–Trinajstić information content (AvgIpc) is 2.50. The Bertz CT molecular complexity index is 254. The quantitative estimate of drug-likeness (QED) is 0.722. The van der Waals surface area contributed by atoms with Crippen LogP contribution in [0, 0.1) is 11.8 Å². The molecule has 1 heterocycles. The van der Waals surface area contributed by atoms with Gasteiger partial charge in [-0.15, -0.1) is 5.11 Å². The number of hydrogen-bond acceptors (Lipinski definition) is 5. The monoisotopic (exact) mass is 214 g/mol. The Kier molecular flexibility index (Phi) is 4.02. The highest BCUT2D eigenvalue weighted by molar-refractivity contribution is 5.70. The molecule has 86 valence electrons. The fourth-order valence-electron chi connectivity index (χ4n) is 1.63. The third-order valence-corrected chi connectivity index (χ3v) is 2.44. The van der Waals surface area contributed by atoms with E-state index in [0.29, 0.717) is 18.8 Å². The third-order valence-electron chi connectivity index (χ3n) is 2.44. The average molecular weight is 214 g/mol. The lowest BCUT2D eigenvalue weighted by atomic mass is 9.93. The molecule has 0 amide bonds. The lowest BCUT2D eigenvalue weighted by Gasteiger charge is -2.20. The summed E-state index contributed by atoms with van der Waals surface area (Å²) in [7, 11) is 1.80. The van der Waals surface area contributed by atoms with Gasteiger partial charge in [0.15, 0.2) is 0 Å². The summed E-state index contributed by atoms with van der Waals surface area (Å²) in [5.74, 6) is -0.724. The van der Waals surface area contributed by atoms with Gasteiger partial charge in [0.25, 0.3) is 0 Å². The number of aliphatic carboxylic acids is 1. The summed E-state index contributed by atoms with van der Waals surface area (Å²) in [6.07, 6.45) is 1.01. The molecule has 0 aromatic rings. The number of hydrazine groups is 1. The van der Waals surface area contributed by atoms with Crippen molar-refractivity contribution in [3.05, 3.63) is 0 Å². The predicted molar refractivity (Wildman–Crippen MR) is 54.7 cm³/mol. The second-order valence-corrected chi connectivity index (χ2v) is 4.31. The number of rotatable bonds is 5. The van der Waals surface area contributed by atoms with E-state index in [1.807, 2.05) is 13.8 Å². The Morgan fingerprint density at radius 3 is 2.67 bits per heavy atom. The van der Waals surface area contributed by atoms with Gasteiger partial charge in [0.1, 0.15) is 6.17 Å². The maximum atomic E-state index is 11.0. The van der Waals surface area contributed by atoms with Crippen molar-refractivity contribution in [1.82, 2.24) is 10.5 Å². The van der Waals surface area contributed by atoms with E-state index in [4.69, 9.17) is 5.11 Å². The number of nitrogens with zero attached hydrogens (tertiary/aromatic N) is 3. The molecule has 15 heavy (non-hydrogen) atoms. The van der Waals surface area contributed by atoms with Crippen molar-refractivity contribution >= 4 is 5.97 Å². The summed E-state index contributed by atoms with van der Waals surface area (Å²) in [5.41, 5.74) is 2.67. The molecule has 1 aliphatic heterocycles. The van der Waals surface area contributed by atoms with E-state index in [1.54, 1.807) is 12.1 Å². The summed E-state index contributed by atoms with van der Waals surface area (Å²) in [4.78, 5) is 11.0. The minimum absolute atomic E-state index is 0.162. The molecule has 1 aliphatic rings. The highest BCUT2D eigenvalue weighted by Crippen LogP contribution is 2.21. The Morgan fingerprint density at radius 1 is 1.60 bits per heavy atom. The van der Waals surface area contributed by atoms with Crippen molar-refractivity contribution in [2.75, 3.05) is 7.05 Å². The Labute approximate surface area is 89.3 Å². The summed E-state index contributed by atoms with van der Waals surface area (Å²) < 4.78 is 0. The van der Waals surface area contributed by atoms with Gasteiger partial charge >= 0.3 is 5.97 Å². The minimum atomic E-state index is -0.751. The molecule has 6 heteroatoms. The number of hydrogen-bond donors (Lipinski definition) is 2. The fraction of sp³-hybridized carbons (Fsp3) is 0.889. The highest BCUT2D eigenvalue weighted by Gasteiger charge is 2.27. The minimum Gasteiger partial charge on any atom is -0.481 e. The summed E-state index contributed by atoms with van der Waals surface area (Å²) in [5, 5.41) is 18.3. The van der Waals surface area contributed by atoms with E-state index in [-0.39, 0.29) is 12.1 Å². The summed E-state index contributed by atoms with van der Waals surface area (Å²) in [6, 6.07) is 0. The van der Waals surface area contributed by atoms with Crippen LogP contribution in [0.2, 0.25) is 0 Å². The van der Waals surface area contributed by atoms with Crippen molar-refractivity contribution in [2.24, 2.45) is 22.2 Å². The molecule has 2 atom stereocenters. The molecule has 0 saturated carbocycles. The predicted octanol–water partition coefficient (Wildman–Crippen LogP) is 1.27. The van der Waals surface area contributed by atoms with Gasteiger partial charge in [-0.3, -0.25) is 4.79 Å². The molecule has 0 spiro atoms. The second kappa shape index (κ2) is 5.06. The van der Waals surface area contributed by atoms with E-state index < -0.39 is 5.97 Å². The molecular weight excluding hydrogens is 196 g/mol. The standard InChI is InChI=1S/C9H18N4O2/c1-6(2)4-7(9(14)15)5-8-10-11-12-13(8)3/h6-8H,4-5H2,1-3H3,(H,10,12)(H,14,15). The molecule has 1 rings (SSSR count). The number of carbonyl (C=O) groups is 1. The first-order valence-electron chi connectivity index (χ1n) is 5.11. The first-order chi connectivity index (χ1) is 7.00. The maximum absolute atomic E-state index is 11.0. The number of carboxylic acids is 1.